The van der Waals surface area contributed by atoms with Crippen molar-refractivity contribution in [2.24, 2.45) is 5.92 Å². The number of carbonyl (C=O) groups is 1. The monoisotopic (exact) mass is 337 g/mol. The highest BCUT2D eigenvalue weighted by molar-refractivity contribution is 7.92. The summed E-state index contributed by atoms with van der Waals surface area (Å²) < 4.78 is 24.2. The second-order valence-electron chi connectivity index (χ2n) is 7.04. The molecule has 0 bridgehead atoms. The molecule has 1 atom stereocenters. The third kappa shape index (κ3) is 4.56. The maximum Gasteiger partial charge on any atom is 0.238 e. The smallest absolute Gasteiger partial charge is 0.238 e. The minimum atomic E-state index is -3.33. The van der Waals surface area contributed by atoms with Crippen molar-refractivity contribution in [3.8, 4) is 0 Å². The van der Waals surface area contributed by atoms with E-state index in [2.05, 4.69) is 32.0 Å². The van der Waals surface area contributed by atoms with E-state index in [1.54, 1.807) is 4.90 Å². The lowest BCUT2D eigenvalue weighted by atomic mass is 9.99. The molecular formula is C18H27NO3S. The number of rotatable bonds is 5. The summed E-state index contributed by atoms with van der Waals surface area (Å²) in [5, 5.41) is 0. The van der Waals surface area contributed by atoms with E-state index in [0.717, 1.165) is 18.4 Å². The molecule has 0 N–H and O–H groups in total. The lowest BCUT2D eigenvalue weighted by Gasteiger charge is -2.26. The average Bonchev–Trinajstić information content (AvgIpc) is 2.89. The molecule has 1 aliphatic rings. The van der Waals surface area contributed by atoms with Gasteiger partial charge < -0.3 is 4.90 Å². The van der Waals surface area contributed by atoms with E-state index >= 15 is 0 Å². The summed E-state index contributed by atoms with van der Waals surface area (Å²) in [6.07, 6.45) is 1.83. The summed E-state index contributed by atoms with van der Waals surface area (Å²) >= 11 is 0. The van der Waals surface area contributed by atoms with E-state index in [1.165, 1.54) is 11.1 Å². The van der Waals surface area contributed by atoms with Gasteiger partial charge in [0.05, 0.1) is 11.8 Å². The Hall–Kier alpha value is -1.36. The van der Waals surface area contributed by atoms with Crippen molar-refractivity contribution in [3.63, 3.8) is 0 Å². The summed E-state index contributed by atoms with van der Waals surface area (Å²) in [7, 11) is -3.33. The fourth-order valence-corrected chi connectivity index (χ4v) is 4.90. The number of likely N-dealkylation sites (tertiary alicyclic amines) is 1. The van der Waals surface area contributed by atoms with Crippen LogP contribution in [0.3, 0.4) is 0 Å². The van der Waals surface area contributed by atoms with Crippen molar-refractivity contribution in [2.45, 2.75) is 46.6 Å². The summed E-state index contributed by atoms with van der Waals surface area (Å²) in [4.78, 5) is 14.3. The topological polar surface area (TPSA) is 54.5 Å². The molecule has 4 nitrogen and oxygen atoms in total. The van der Waals surface area contributed by atoms with Crippen LogP contribution in [0.4, 0.5) is 0 Å². The zero-order valence-electron chi connectivity index (χ0n) is 14.5. The maximum absolute atomic E-state index is 12.5. The van der Waals surface area contributed by atoms with E-state index in [0.29, 0.717) is 6.54 Å². The molecule has 1 aromatic rings. The number of hydrogen-bond acceptors (Lipinski definition) is 3. The number of carbonyl (C=O) groups excluding carboxylic acids is 1. The van der Waals surface area contributed by atoms with Crippen LogP contribution in [0.5, 0.6) is 0 Å². The van der Waals surface area contributed by atoms with Gasteiger partial charge in [-0.3, -0.25) is 4.79 Å². The molecule has 5 heteroatoms. The van der Waals surface area contributed by atoms with Crippen molar-refractivity contribution in [1.29, 1.82) is 0 Å². The Bertz CT molecular complexity index is 680. The SMILES string of the molecule is Cc1ccc(C2CCCN2C(=O)CS(=O)(=O)CC(C)C)cc1C. The third-order valence-electron chi connectivity index (χ3n) is 4.42. The van der Waals surface area contributed by atoms with Gasteiger partial charge in [0.15, 0.2) is 9.84 Å². The lowest BCUT2D eigenvalue weighted by Crippen LogP contribution is -2.36. The Morgan fingerprint density at radius 2 is 1.96 bits per heavy atom. The molecule has 2 rings (SSSR count). The van der Waals surface area contributed by atoms with Gasteiger partial charge in [-0.25, -0.2) is 8.42 Å². The second kappa shape index (κ2) is 7.04. The number of benzene rings is 1. The minimum Gasteiger partial charge on any atom is -0.335 e. The fourth-order valence-electron chi connectivity index (χ4n) is 3.22. The number of aryl methyl sites for hydroxylation is 2. The van der Waals surface area contributed by atoms with Crippen LogP contribution < -0.4 is 0 Å². The number of amides is 1. The van der Waals surface area contributed by atoms with Crippen molar-refractivity contribution in [3.05, 3.63) is 34.9 Å². The Kier molecular flexibility index (Phi) is 5.50. The molecule has 1 fully saturated rings. The van der Waals surface area contributed by atoms with Gasteiger partial charge in [-0.05, 0) is 49.3 Å². The molecule has 1 heterocycles. The van der Waals surface area contributed by atoms with Gasteiger partial charge in [0.1, 0.15) is 5.75 Å². The Morgan fingerprint density at radius 1 is 1.26 bits per heavy atom. The van der Waals surface area contributed by atoms with Gasteiger partial charge in [-0.1, -0.05) is 32.0 Å². The van der Waals surface area contributed by atoms with Crippen molar-refractivity contribution in [2.75, 3.05) is 18.1 Å². The van der Waals surface area contributed by atoms with Crippen LogP contribution in [0.25, 0.3) is 0 Å². The summed E-state index contributed by atoms with van der Waals surface area (Å²) in [5.41, 5.74) is 3.54. The van der Waals surface area contributed by atoms with E-state index in [1.807, 2.05) is 13.8 Å². The molecule has 1 aromatic carbocycles. The summed E-state index contributed by atoms with van der Waals surface area (Å²) in [6, 6.07) is 6.26. The Morgan fingerprint density at radius 3 is 2.57 bits per heavy atom. The zero-order valence-corrected chi connectivity index (χ0v) is 15.3. The predicted molar refractivity (Wildman–Crippen MR) is 93.1 cm³/mol. The van der Waals surface area contributed by atoms with E-state index in [-0.39, 0.29) is 29.4 Å². The van der Waals surface area contributed by atoms with E-state index in [4.69, 9.17) is 0 Å². The third-order valence-corrected chi connectivity index (χ3v) is 6.28. The molecule has 23 heavy (non-hydrogen) atoms. The highest BCUT2D eigenvalue weighted by Crippen LogP contribution is 2.33. The molecule has 0 aromatic heterocycles. The molecule has 0 saturated carbocycles. The molecular weight excluding hydrogens is 310 g/mol. The molecule has 1 amide bonds. The Balaban J connectivity index is 2.15. The van der Waals surface area contributed by atoms with Gasteiger partial charge in [0.25, 0.3) is 0 Å². The van der Waals surface area contributed by atoms with Gasteiger partial charge in [-0.2, -0.15) is 0 Å². The first kappa shape index (κ1) is 18.0. The number of sulfone groups is 1. The van der Waals surface area contributed by atoms with Gasteiger partial charge >= 0.3 is 0 Å². The molecule has 1 saturated heterocycles. The van der Waals surface area contributed by atoms with E-state index in [9.17, 15) is 13.2 Å². The van der Waals surface area contributed by atoms with Crippen molar-refractivity contribution >= 4 is 15.7 Å². The molecule has 128 valence electrons. The minimum absolute atomic E-state index is 0.0102. The first-order chi connectivity index (χ1) is 10.7. The van der Waals surface area contributed by atoms with Gasteiger partial charge in [0.2, 0.25) is 5.91 Å². The number of nitrogens with zero attached hydrogens (tertiary/aromatic N) is 1. The summed E-state index contributed by atoms with van der Waals surface area (Å²) in [6.45, 7) is 8.49. The number of hydrogen-bond donors (Lipinski definition) is 0. The van der Waals surface area contributed by atoms with Crippen LogP contribution in [-0.4, -0.2) is 37.3 Å². The van der Waals surface area contributed by atoms with Crippen LogP contribution in [-0.2, 0) is 14.6 Å². The predicted octanol–water partition coefficient (Wildman–Crippen LogP) is 3.04. The highest BCUT2D eigenvalue weighted by Gasteiger charge is 2.32. The Labute approximate surface area is 139 Å². The van der Waals surface area contributed by atoms with Gasteiger partial charge in [0, 0.05) is 6.54 Å². The van der Waals surface area contributed by atoms with Crippen LogP contribution in [0.1, 0.15) is 49.4 Å². The van der Waals surface area contributed by atoms with Gasteiger partial charge in [-0.15, -0.1) is 0 Å². The summed E-state index contributed by atoms with van der Waals surface area (Å²) in [5.74, 6) is -0.513. The first-order valence-electron chi connectivity index (χ1n) is 8.26. The van der Waals surface area contributed by atoms with Crippen LogP contribution in [0.15, 0.2) is 18.2 Å². The first-order valence-corrected chi connectivity index (χ1v) is 10.1. The standard InChI is InChI=1S/C18H27NO3S/c1-13(2)11-23(21,22)12-18(20)19-9-5-6-17(19)16-8-7-14(3)15(4)10-16/h7-8,10,13,17H,5-6,9,11-12H2,1-4H3. The average molecular weight is 337 g/mol. The van der Waals surface area contributed by atoms with Crippen LogP contribution in [0.2, 0.25) is 0 Å². The lowest BCUT2D eigenvalue weighted by molar-refractivity contribution is -0.129. The van der Waals surface area contributed by atoms with Crippen molar-refractivity contribution in [1.82, 2.24) is 4.90 Å². The molecule has 1 unspecified atom stereocenters. The highest BCUT2D eigenvalue weighted by atomic mass is 32.2. The molecule has 0 spiro atoms. The zero-order chi connectivity index (χ0) is 17.2. The fraction of sp³-hybridized carbons (Fsp3) is 0.611. The molecule has 0 aliphatic carbocycles. The normalized spacial score (nSPS) is 18.7. The van der Waals surface area contributed by atoms with E-state index < -0.39 is 9.84 Å². The van der Waals surface area contributed by atoms with Crippen LogP contribution >= 0.6 is 0 Å². The molecule has 0 radical (unpaired) electrons. The quantitative estimate of drug-likeness (QED) is 0.830. The van der Waals surface area contributed by atoms with Crippen LogP contribution in [0, 0.1) is 19.8 Å². The second-order valence-corrected chi connectivity index (χ2v) is 9.15. The molecule has 1 aliphatic heterocycles. The maximum atomic E-state index is 12.5. The van der Waals surface area contributed by atoms with Crippen molar-refractivity contribution < 1.29 is 13.2 Å². The largest absolute Gasteiger partial charge is 0.335 e.